The third-order valence-corrected chi connectivity index (χ3v) is 4.74. The first kappa shape index (κ1) is 19.7. The molecule has 3 rings (SSSR count). The van der Waals surface area contributed by atoms with Gasteiger partial charge in [0.2, 0.25) is 0 Å². The Labute approximate surface area is 165 Å². The molecule has 148 valence electrons. The van der Waals surface area contributed by atoms with E-state index in [0.29, 0.717) is 5.75 Å². The van der Waals surface area contributed by atoms with Gasteiger partial charge in [0.1, 0.15) is 17.9 Å². The molecule has 0 fully saturated rings. The van der Waals surface area contributed by atoms with Gasteiger partial charge in [-0.05, 0) is 51.0 Å². The fraction of sp³-hybridized carbons (Fsp3) is 0.364. The maximum Gasteiger partial charge on any atom is 0.344 e. The summed E-state index contributed by atoms with van der Waals surface area (Å²) in [6.45, 7) is 7.77. The first-order chi connectivity index (χ1) is 13.3. The van der Waals surface area contributed by atoms with Crippen molar-refractivity contribution in [2.45, 2.75) is 33.2 Å². The fourth-order valence-electron chi connectivity index (χ4n) is 3.32. The quantitative estimate of drug-likeness (QED) is 0.775. The van der Waals surface area contributed by atoms with Crippen molar-refractivity contribution in [3.05, 3.63) is 53.6 Å². The molecule has 0 unspecified atom stereocenters. The standard InChI is InChI=1S/C22H26N2O4/c1-15-8-7-9-16(2)20(15)28-14-19(25)27-13-12-24-18-11-6-5-10-17(18)23-22(3,4)21(24)26/h5-11,23H,12-14H2,1-4H3. The summed E-state index contributed by atoms with van der Waals surface area (Å²) >= 11 is 0. The van der Waals surface area contributed by atoms with Gasteiger partial charge >= 0.3 is 5.97 Å². The number of hydrogen-bond acceptors (Lipinski definition) is 5. The van der Waals surface area contributed by atoms with Crippen LogP contribution in [-0.2, 0) is 14.3 Å². The first-order valence-corrected chi connectivity index (χ1v) is 9.33. The van der Waals surface area contributed by atoms with Gasteiger partial charge in [-0.1, -0.05) is 30.3 Å². The van der Waals surface area contributed by atoms with Crippen molar-refractivity contribution in [1.29, 1.82) is 0 Å². The number of aryl methyl sites for hydroxylation is 2. The van der Waals surface area contributed by atoms with Crippen LogP contribution in [0.5, 0.6) is 5.75 Å². The van der Waals surface area contributed by atoms with E-state index >= 15 is 0 Å². The Morgan fingerprint density at radius 3 is 2.46 bits per heavy atom. The molecule has 1 heterocycles. The average Bonchev–Trinajstić information content (AvgIpc) is 2.64. The van der Waals surface area contributed by atoms with Gasteiger partial charge in [-0.2, -0.15) is 0 Å². The second-order valence-electron chi connectivity index (χ2n) is 7.45. The zero-order chi connectivity index (χ0) is 20.3. The van der Waals surface area contributed by atoms with Crippen molar-refractivity contribution in [1.82, 2.24) is 0 Å². The minimum atomic E-state index is -0.718. The topological polar surface area (TPSA) is 67.9 Å². The van der Waals surface area contributed by atoms with Gasteiger partial charge in [-0.15, -0.1) is 0 Å². The maximum atomic E-state index is 12.8. The monoisotopic (exact) mass is 382 g/mol. The molecule has 28 heavy (non-hydrogen) atoms. The predicted molar refractivity (Wildman–Crippen MR) is 109 cm³/mol. The molecule has 1 amide bonds. The molecule has 0 atom stereocenters. The summed E-state index contributed by atoms with van der Waals surface area (Å²) in [5.74, 6) is 0.180. The van der Waals surface area contributed by atoms with Crippen molar-refractivity contribution >= 4 is 23.3 Å². The van der Waals surface area contributed by atoms with Gasteiger partial charge < -0.3 is 19.7 Å². The Morgan fingerprint density at radius 1 is 1.07 bits per heavy atom. The average molecular weight is 382 g/mol. The van der Waals surface area contributed by atoms with E-state index in [9.17, 15) is 9.59 Å². The molecule has 2 aromatic rings. The Bertz CT molecular complexity index is 872. The highest BCUT2D eigenvalue weighted by Crippen LogP contribution is 2.34. The molecule has 0 aromatic heterocycles. The predicted octanol–water partition coefficient (Wildman–Crippen LogP) is 3.46. The van der Waals surface area contributed by atoms with Gasteiger partial charge in [-0.3, -0.25) is 4.79 Å². The Hall–Kier alpha value is -3.02. The summed E-state index contributed by atoms with van der Waals surface area (Å²) in [6.07, 6.45) is 0. The van der Waals surface area contributed by atoms with Crippen LogP contribution in [0.15, 0.2) is 42.5 Å². The largest absolute Gasteiger partial charge is 0.481 e. The third-order valence-electron chi connectivity index (χ3n) is 4.74. The van der Waals surface area contributed by atoms with Gasteiger partial charge in [0.05, 0.1) is 17.9 Å². The van der Waals surface area contributed by atoms with Crippen LogP contribution in [0, 0.1) is 13.8 Å². The highest BCUT2D eigenvalue weighted by molar-refractivity contribution is 6.07. The summed E-state index contributed by atoms with van der Waals surface area (Å²) < 4.78 is 10.9. The van der Waals surface area contributed by atoms with E-state index in [4.69, 9.17) is 9.47 Å². The number of carbonyl (C=O) groups is 2. The zero-order valence-electron chi connectivity index (χ0n) is 16.7. The van der Waals surface area contributed by atoms with Gasteiger partial charge in [0.25, 0.3) is 5.91 Å². The van der Waals surface area contributed by atoms with Crippen LogP contribution >= 0.6 is 0 Å². The number of esters is 1. The highest BCUT2D eigenvalue weighted by Gasteiger charge is 2.38. The number of para-hydroxylation sites is 3. The van der Waals surface area contributed by atoms with E-state index in [1.807, 2.05) is 70.2 Å². The first-order valence-electron chi connectivity index (χ1n) is 9.33. The zero-order valence-corrected chi connectivity index (χ0v) is 16.7. The summed E-state index contributed by atoms with van der Waals surface area (Å²) in [5.41, 5.74) is 2.90. The molecule has 0 aliphatic carbocycles. The second kappa shape index (κ2) is 7.92. The number of rotatable bonds is 6. The minimum Gasteiger partial charge on any atom is -0.481 e. The molecule has 0 spiro atoms. The van der Waals surface area contributed by atoms with E-state index in [0.717, 1.165) is 22.5 Å². The lowest BCUT2D eigenvalue weighted by atomic mass is 9.98. The number of nitrogens with one attached hydrogen (secondary N) is 1. The smallest absolute Gasteiger partial charge is 0.344 e. The van der Waals surface area contributed by atoms with Crippen LogP contribution < -0.4 is 15.0 Å². The lowest BCUT2D eigenvalue weighted by molar-refractivity contribution is -0.146. The number of carbonyl (C=O) groups excluding carboxylic acids is 2. The summed E-state index contributed by atoms with van der Waals surface area (Å²) in [6, 6.07) is 13.4. The molecule has 6 heteroatoms. The van der Waals surface area contributed by atoms with E-state index in [1.165, 1.54) is 0 Å². The van der Waals surface area contributed by atoms with Crippen LogP contribution in [0.25, 0.3) is 0 Å². The van der Waals surface area contributed by atoms with Crippen LogP contribution in [0.3, 0.4) is 0 Å². The van der Waals surface area contributed by atoms with Crippen LogP contribution in [0.1, 0.15) is 25.0 Å². The molecule has 1 aliphatic heterocycles. The van der Waals surface area contributed by atoms with E-state index < -0.39 is 11.5 Å². The second-order valence-corrected chi connectivity index (χ2v) is 7.45. The third kappa shape index (κ3) is 4.11. The molecule has 6 nitrogen and oxygen atoms in total. The van der Waals surface area contributed by atoms with Gasteiger partial charge in [0.15, 0.2) is 6.61 Å². The van der Waals surface area contributed by atoms with Crippen LogP contribution in [-0.4, -0.2) is 37.2 Å². The Balaban J connectivity index is 1.57. The molecule has 2 aromatic carbocycles. The molecule has 0 saturated heterocycles. The molecule has 0 radical (unpaired) electrons. The fourth-order valence-corrected chi connectivity index (χ4v) is 3.32. The normalized spacial score (nSPS) is 14.9. The summed E-state index contributed by atoms with van der Waals surface area (Å²) in [5, 5.41) is 3.25. The highest BCUT2D eigenvalue weighted by atomic mass is 16.6. The number of benzene rings is 2. The van der Waals surface area contributed by atoms with Crippen molar-refractivity contribution in [2.24, 2.45) is 0 Å². The number of amides is 1. The van der Waals surface area contributed by atoms with Crippen molar-refractivity contribution in [2.75, 3.05) is 30.0 Å². The lowest BCUT2D eigenvalue weighted by Crippen LogP contribution is -2.54. The maximum absolute atomic E-state index is 12.8. The van der Waals surface area contributed by atoms with Gasteiger partial charge in [-0.25, -0.2) is 4.79 Å². The summed E-state index contributed by atoms with van der Waals surface area (Å²) in [7, 11) is 0. The number of fused-ring (bicyclic) bond motifs is 1. The lowest BCUT2D eigenvalue weighted by Gasteiger charge is -2.39. The molecule has 0 saturated carbocycles. The Morgan fingerprint density at radius 2 is 1.75 bits per heavy atom. The SMILES string of the molecule is Cc1cccc(C)c1OCC(=O)OCCN1C(=O)C(C)(C)Nc2ccccc21. The number of nitrogens with zero attached hydrogens (tertiary/aromatic N) is 1. The van der Waals surface area contributed by atoms with Crippen LogP contribution in [0.2, 0.25) is 0 Å². The molecule has 1 aliphatic rings. The number of hydrogen-bond donors (Lipinski definition) is 1. The molecule has 0 bridgehead atoms. The molecular formula is C22H26N2O4. The van der Waals surface area contributed by atoms with E-state index in [1.54, 1.807) is 4.90 Å². The van der Waals surface area contributed by atoms with E-state index in [2.05, 4.69) is 5.32 Å². The number of anilines is 2. The van der Waals surface area contributed by atoms with Crippen molar-refractivity contribution < 1.29 is 19.1 Å². The minimum absolute atomic E-state index is 0.0611. The Kier molecular flexibility index (Phi) is 5.58. The summed E-state index contributed by atoms with van der Waals surface area (Å²) in [4.78, 5) is 26.5. The van der Waals surface area contributed by atoms with Crippen LogP contribution in [0.4, 0.5) is 11.4 Å². The molecular weight excluding hydrogens is 356 g/mol. The van der Waals surface area contributed by atoms with Gasteiger partial charge in [0, 0.05) is 0 Å². The van der Waals surface area contributed by atoms with Crippen molar-refractivity contribution in [3.8, 4) is 5.75 Å². The van der Waals surface area contributed by atoms with E-state index in [-0.39, 0.29) is 25.7 Å². The number of ether oxygens (including phenoxy) is 2. The molecule has 1 N–H and O–H groups in total. The van der Waals surface area contributed by atoms with Crippen molar-refractivity contribution in [3.63, 3.8) is 0 Å².